The van der Waals surface area contributed by atoms with Gasteiger partial charge in [0.05, 0.1) is 0 Å². The minimum atomic E-state index is -2.41. The highest BCUT2D eigenvalue weighted by Crippen LogP contribution is 2.30. The highest BCUT2D eigenvalue weighted by molar-refractivity contribution is 7.34. The van der Waals surface area contributed by atoms with Crippen molar-refractivity contribution < 1.29 is 13.7 Å². The summed E-state index contributed by atoms with van der Waals surface area (Å²) in [4.78, 5) is 8.46. The highest BCUT2D eigenvalue weighted by Gasteiger charge is 2.37. The first-order valence-electron chi connectivity index (χ1n) is 3.21. The molecule has 5 heteroatoms. The molecule has 0 spiro atoms. The van der Waals surface area contributed by atoms with Gasteiger partial charge in [0.1, 0.15) is 0 Å². The van der Waals surface area contributed by atoms with Crippen molar-refractivity contribution in [1.82, 2.24) is 0 Å². The molecule has 1 unspecified atom stereocenters. The Morgan fingerprint density at radius 1 is 1.50 bits per heavy atom. The van der Waals surface area contributed by atoms with Gasteiger partial charge in [-0.2, -0.15) is 4.21 Å². The molecule has 0 aromatic carbocycles. The predicted octanol–water partition coefficient (Wildman–Crippen LogP) is 2.27. The molecule has 1 N–H and O–H groups in total. The Morgan fingerprint density at radius 2 is 1.90 bits per heavy atom. The van der Waals surface area contributed by atoms with Gasteiger partial charge in [0.25, 0.3) is 8.32 Å². The topological polar surface area (TPSA) is 46.5 Å². The van der Waals surface area contributed by atoms with Crippen molar-refractivity contribution in [3.63, 3.8) is 0 Å². The van der Waals surface area contributed by atoms with Gasteiger partial charge in [0.2, 0.25) is 0 Å². The van der Waals surface area contributed by atoms with Gasteiger partial charge in [-0.25, -0.2) is 0 Å². The Bertz CT molecular complexity index is 135. The average Bonchev–Trinajstić information content (AvgIpc) is 1.60. The number of hydrogen-bond acceptors (Lipinski definition) is 2. The summed E-state index contributed by atoms with van der Waals surface area (Å²) in [7, 11) is -4.29. The molecule has 0 amide bonds. The SMILES string of the molecule is CC(C)[Si](C)(C)O[P+](=O)O. The molecular weight excluding hydrogens is 167 g/mol. The quantitative estimate of drug-likeness (QED) is 0.536. The van der Waals surface area contributed by atoms with Crippen molar-refractivity contribution >= 4 is 16.6 Å². The molecule has 1 atom stereocenters. The van der Waals surface area contributed by atoms with Crippen LogP contribution in [0, 0.1) is 0 Å². The monoisotopic (exact) mass is 181 g/mol. The van der Waals surface area contributed by atoms with Gasteiger partial charge in [-0.1, -0.05) is 13.8 Å². The Kier molecular flexibility index (Phi) is 3.66. The second-order valence-electron chi connectivity index (χ2n) is 3.09. The van der Waals surface area contributed by atoms with Crippen LogP contribution in [0.2, 0.25) is 18.6 Å². The lowest BCUT2D eigenvalue weighted by atomic mass is 10.6. The van der Waals surface area contributed by atoms with Gasteiger partial charge in [-0.15, -0.1) is 4.89 Å². The van der Waals surface area contributed by atoms with Gasteiger partial charge < -0.3 is 0 Å². The Hall–Kier alpha value is 0.237. The second-order valence-corrected chi connectivity index (χ2v) is 8.65. The van der Waals surface area contributed by atoms with Crippen molar-refractivity contribution in [1.29, 1.82) is 0 Å². The van der Waals surface area contributed by atoms with Crippen LogP contribution in [-0.2, 0) is 8.78 Å². The van der Waals surface area contributed by atoms with Gasteiger partial charge >= 0.3 is 8.25 Å². The van der Waals surface area contributed by atoms with Gasteiger partial charge in [-0.05, 0) is 18.6 Å². The first kappa shape index (κ1) is 10.2. The summed E-state index contributed by atoms with van der Waals surface area (Å²) in [6.07, 6.45) is 0. The largest absolute Gasteiger partial charge is 0.682 e. The Morgan fingerprint density at radius 3 is 2.00 bits per heavy atom. The molecule has 0 aliphatic carbocycles. The minimum absolute atomic E-state index is 0.374. The van der Waals surface area contributed by atoms with E-state index in [4.69, 9.17) is 9.11 Å². The van der Waals surface area contributed by atoms with Crippen LogP contribution < -0.4 is 0 Å². The van der Waals surface area contributed by atoms with Gasteiger partial charge in [0.15, 0.2) is 0 Å². The van der Waals surface area contributed by atoms with Crippen molar-refractivity contribution in [2.45, 2.75) is 32.5 Å². The molecule has 0 aromatic heterocycles. The summed E-state index contributed by atoms with van der Waals surface area (Å²) in [6.45, 7) is 7.87. The van der Waals surface area contributed by atoms with Crippen LogP contribution in [0.25, 0.3) is 0 Å². The zero-order valence-corrected chi connectivity index (χ0v) is 8.68. The Labute approximate surface area is 63.5 Å². The van der Waals surface area contributed by atoms with E-state index in [1.165, 1.54) is 0 Å². The first-order chi connectivity index (χ1) is 4.36. The molecule has 0 heterocycles. The van der Waals surface area contributed by atoms with Crippen LogP contribution in [0.5, 0.6) is 0 Å². The van der Waals surface area contributed by atoms with Crippen molar-refractivity contribution in [3.8, 4) is 0 Å². The maximum atomic E-state index is 10.3. The summed E-state index contributed by atoms with van der Waals surface area (Å²) in [5.41, 5.74) is 0.374. The molecule has 0 aromatic rings. The van der Waals surface area contributed by atoms with Crippen LogP contribution in [-0.4, -0.2) is 13.2 Å². The van der Waals surface area contributed by atoms with Crippen molar-refractivity contribution in [2.24, 2.45) is 0 Å². The van der Waals surface area contributed by atoms with Crippen LogP contribution in [0.4, 0.5) is 0 Å². The normalized spacial score (nSPS) is 14.0. The van der Waals surface area contributed by atoms with Gasteiger partial charge in [-0.3, -0.25) is 0 Å². The molecule has 10 heavy (non-hydrogen) atoms. The summed E-state index contributed by atoms with van der Waals surface area (Å²) in [6, 6.07) is 0. The first-order valence-corrected chi connectivity index (χ1v) is 7.33. The average molecular weight is 181 g/mol. The fraction of sp³-hybridized carbons (Fsp3) is 1.00. The maximum Gasteiger partial charge on any atom is 0.682 e. The fourth-order valence-corrected chi connectivity index (χ4v) is 2.76. The predicted molar refractivity (Wildman–Crippen MR) is 43.5 cm³/mol. The highest BCUT2D eigenvalue weighted by atomic mass is 31.1. The van der Waals surface area contributed by atoms with Crippen molar-refractivity contribution in [3.05, 3.63) is 0 Å². The third-order valence-corrected chi connectivity index (χ3v) is 6.99. The standard InChI is InChI=1S/C5H13O3PSi/c1-5(2)10(3,4)8-9(6)7/h5H,1-4H3/p+1. The molecular formula is C5H14O3PSi+. The molecule has 0 fully saturated rings. The fourth-order valence-electron chi connectivity index (χ4n) is 0.307. The van der Waals surface area contributed by atoms with E-state index in [-0.39, 0.29) is 0 Å². The third kappa shape index (κ3) is 3.42. The number of hydrogen-bond donors (Lipinski definition) is 1. The molecule has 0 radical (unpaired) electrons. The van der Waals surface area contributed by atoms with E-state index in [9.17, 15) is 4.57 Å². The molecule has 0 aliphatic rings. The molecule has 60 valence electrons. The molecule has 0 bridgehead atoms. The summed E-state index contributed by atoms with van der Waals surface area (Å²) >= 11 is 0. The Balaban J connectivity index is 3.99. The third-order valence-electron chi connectivity index (χ3n) is 1.70. The zero-order valence-electron chi connectivity index (χ0n) is 6.79. The maximum absolute atomic E-state index is 10.3. The van der Waals surface area contributed by atoms with E-state index in [2.05, 4.69) is 0 Å². The van der Waals surface area contributed by atoms with Crippen LogP contribution >= 0.6 is 8.25 Å². The van der Waals surface area contributed by atoms with E-state index in [0.717, 1.165) is 0 Å². The lowest BCUT2D eigenvalue weighted by molar-refractivity contribution is 0.403. The van der Waals surface area contributed by atoms with Crippen LogP contribution in [0.3, 0.4) is 0 Å². The second kappa shape index (κ2) is 3.58. The van der Waals surface area contributed by atoms with E-state index in [0.29, 0.717) is 5.54 Å². The summed E-state index contributed by atoms with van der Waals surface area (Å²) < 4.78 is 15.2. The van der Waals surface area contributed by atoms with Crippen molar-refractivity contribution in [2.75, 3.05) is 0 Å². The molecule has 0 aliphatic heterocycles. The molecule has 0 saturated heterocycles. The molecule has 0 rings (SSSR count). The molecule has 0 saturated carbocycles. The van der Waals surface area contributed by atoms with Crippen LogP contribution in [0.15, 0.2) is 0 Å². The van der Waals surface area contributed by atoms with Gasteiger partial charge in [0, 0.05) is 4.57 Å². The lowest BCUT2D eigenvalue weighted by Crippen LogP contribution is -2.31. The smallest absolute Gasteiger partial charge is 0.176 e. The summed E-state index contributed by atoms with van der Waals surface area (Å²) in [5, 5.41) is 0. The zero-order chi connectivity index (χ0) is 8.36. The van der Waals surface area contributed by atoms with E-state index in [1.54, 1.807) is 0 Å². The molecule has 3 nitrogen and oxygen atoms in total. The van der Waals surface area contributed by atoms with E-state index >= 15 is 0 Å². The summed E-state index contributed by atoms with van der Waals surface area (Å²) in [5.74, 6) is 0. The van der Waals surface area contributed by atoms with E-state index in [1.807, 2.05) is 26.9 Å². The van der Waals surface area contributed by atoms with Crippen LogP contribution in [0.1, 0.15) is 13.8 Å². The number of rotatable bonds is 3. The minimum Gasteiger partial charge on any atom is -0.176 e. The van der Waals surface area contributed by atoms with E-state index < -0.39 is 16.6 Å². The lowest BCUT2D eigenvalue weighted by Gasteiger charge is -2.17.